The van der Waals surface area contributed by atoms with E-state index in [1.807, 2.05) is 6.92 Å². The number of carbonyl (C=O) groups excluding carboxylic acids is 2. The molecule has 0 heterocycles. The highest BCUT2D eigenvalue weighted by Crippen LogP contribution is 3.07. The van der Waals surface area contributed by atoms with Crippen LogP contribution in [-0.4, -0.2) is 11.6 Å². The molecular formula is C17H20O2. The summed E-state index contributed by atoms with van der Waals surface area (Å²) >= 11 is 0. The summed E-state index contributed by atoms with van der Waals surface area (Å²) in [4.78, 5) is 25.5. The summed E-state index contributed by atoms with van der Waals surface area (Å²) in [5.74, 6) is 2.09. The van der Waals surface area contributed by atoms with Crippen LogP contribution < -0.4 is 0 Å². The molecule has 0 aromatic carbocycles. The van der Waals surface area contributed by atoms with E-state index in [0.29, 0.717) is 23.7 Å². The third-order valence-corrected chi connectivity index (χ3v) is 8.44. The molecule has 6 rings (SSSR count). The molecule has 0 amide bonds. The molecule has 100 valence electrons. The van der Waals surface area contributed by atoms with Crippen LogP contribution in [0.4, 0.5) is 0 Å². The quantitative estimate of drug-likeness (QED) is 0.493. The smallest absolute Gasteiger partial charge is 0.150 e. The highest BCUT2D eigenvalue weighted by molar-refractivity contribution is 6.13. The Balaban J connectivity index is 1.84. The standard InChI is InChI=1S/C17H20O2/c1-6-10-8(3)16-9(4)11(18)7(2)14(19)17(16)13(10)15(17,5)12(6)16/h7-10,12-13H,1H2,2-5H3. The molecule has 0 radical (unpaired) electrons. The largest absolute Gasteiger partial charge is 0.299 e. The van der Waals surface area contributed by atoms with Gasteiger partial charge in [0.05, 0.1) is 5.92 Å². The lowest BCUT2D eigenvalue weighted by Crippen LogP contribution is -2.68. The van der Waals surface area contributed by atoms with Crippen LogP contribution in [-0.2, 0) is 9.59 Å². The highest BCUT2D eigenvalue weighted by atomic mass is 16.2. The van der Waals surface area contributed by atoms with Gasteiger partial charge in [0.25, 0.3) is 0 Å². The van der Waals surface area contributed by atoms with E-state index in [0.717, 1.165) is 0 Å². The summed E-state index contributed by atoms with van der Waals surface area (Å²) in [6, 6.07) is 0. The fourth-order valence-electron chi connectivity index (χ4n) is 8.43. The summed E-state index contributed by atoms with van der Waals surface area (Å²) in [5, 5.41) is 0. The predicted molar refractivity (Wildman–Crippen MR) is 70.1 cm³/mol. The number of carbonyl (C=O) groups is 2. The SMILES string of the molecule is C=C1C2C(C)C34C(C)C(=O)C(C)C(=O)C35C2C5(C)C14. The Morgan fingerprint density at radius 1 is 1.16 bits per heavy atom. The maximum atomic E-state index is 12.9. The lowest BCUT2D eigenvalue weighted by Gasteiger charge is -2.63. The molecule has 19 heavy (non-hydrogen) atoms. The first-order valence-electron chi connectivity index (χ1n) is 7.59. The Morgan fingerprint density at radius 2 is 1.79 bits per heavy atom. The number of allylic oxidation sites excluding steroid dienone is 1. The number of hydrogen-bond acceptors (Lipinski definition) is 2. The van der Waals surface area contributed by atoms with Crippen molar-refractivity contribution in [2.75, 3.05) is 0 Å². The van der Waals surface area contributed by atoms with E-state index in [-0.39, 0.29) is 39.6 Å². The van der Waals surface area contributed by atoms with Crippen molar-refractivity contribution in [2.45, 2.75) is 27.7 Å². The second-order valence-electron chi connectivity index (χ2n) is 8.03. The van der Waals surface area contributed by atoms with Gasteiger partial charge in [-0.25, -0.2) is 0 Å². The first-order chi connectivity index (χ1) is 8.82. The fraction of sp³-hybridized carbons (Fsp3) is 0.765. The van der Waals surface area contributed by atoms with Gasteiger partial charge in [-0.1, -0.05) is 32.9 Å². The monoisotopic (exact) mass is 256 g/mol. The van der Waals surface area contributed by atoms with Crippen LogP contribution in [0.5, 0.6) is 0 Å². The lowest BCUT2D eigenvalue weighted by atomic mass is 9.37. The van der Waals surface area contributed by atoms with E-state index in [1.54, 1.807) is 0 Å². The molecule has 0 aliphatic heterocycles. The van der Waals surface area contributed by atoms with Crippen LogP contribution in [0.1, 0.15) is 27.7 Å². The van der Waals surface area contributed by atoms with Crippen LogP contribution in [0.25, 0.3) is 0 Å². The molecule has 2 spiro atoms. The Morgan fingerprint density at radius 3 is 2.42 bits per heavy atom. The van der Waals surface area contributed by atoms with Gasteiger partial charge in [0, 0.05) is 16.7 Å². The first-order valence-corrected chi connectivity index (χ1v) is 7.59. The zero-order valence-electron chi connectivity index (χ0n) is 12.0. The Bertz CT molecular complexity index is 619. The lowest BCUT2D eigenvalue weighted by molar-refractivity contribution is -0.189. The van der Waals surface area contributed by atoms with Crippen molar-refractivity contribution in [1.82, 2.24) is 0 Å². The van der Waals surface area contributed by atoms with E-state index >= 15 is 0 Å². The summed E-state index contributed by atoms with van der Waals surface area (Å²) in [5.41, 5.74) is 1.35. The fourth-order valence-corrected chi connectivity index (χ4v) is 8.43. The maximum absolute atomic E-state index is 12.9. The number of ketones is 2. The van der Waals surface area contributed by atoms with Gasteiger partial charge in [-0.05, 0) is 36.0 Å². The van der Waals surface area contributed by atoms with Crippen molar-refractivity contribution in [2.24, 2.45) is 51.8 Å². The zero-order chi connectivity index (χ0) is 13.7. The van der Waals surface area contributed by atoms with E-state index in [4.69, 9.17) is 0 Å². The maximum Gasteiger partial charge on any atom is 0.150 e. The van der Waals surface area contributed by atoms with Crippen molar-refractivity contribution in [1.29, 1.82) is 0 Å². The molecule has 0 N–H and O–H groups in total. The van der Waals surface area contributed by atoms with Gasteiger partial charge in [-0.15, -0.1) is 0 Å². The van der Waals surface area contributed by atoms with Crippen LogP contribution in [0.15, 0.2) is 12.2 Å². The molecule has 9 atom stereocenters. The minimum atomic E-state index is -0.370. The van der Waals surface area contributed by atoms with Crippen molar-refractivity contribution < 1.29 is 9.59 Å². The zero-order valence-corrected chi connectivity index (χ0v) is 12.0. The Kier molecular flexibility index (Phi) is 1.29. The third-order valence-electron chi connectivity index (χ3n) is 8.44. The van der Waals surface area contributed by atoms with Crippen molar-refractivity contribution in [3.05, 3.63) is 12.2 Å². The summed E-state index contributed by atoms with van der Waals surface area (Å²) in [6.45, 7) is 12.8. The summed E-state index contributed by atoms with van der Waals surface area (Å²) < 4.78 is 0. The van der Waals surface area contributed by atoms with Gasteiger partial charge in [-0.3, -0.25) is 9.59 Å². The van der Waals surface area contributed by atoms with Crippen LogP contribution in [0, 0.1) is 51.8 Å². The van der Waals surface area contributed by atoms with Gasteiger partial charge in [0.1, 0.15) is 5.78 Å². The molecule has 0 aromatic heterocycles. The Labute approximate surface area is 113 Å². The van der Waals surface area contributed by atoms with E-state index in [9.17, 15) is 9.59 Å². The molecule has 9 unspecified atom stereocenters. The van der Waals surface area contributed by atoms with E-state index < -0.39 is 0 Å². The second-order valence-corrected chi connectivity index (χ2v) is 8.03. The molecule has 0 saturated heterocycles. The minimum Gasteiger partial charge on any atom is -0.299 e. The number of rotatable bonds is 0. The molecule has 6 aliphatic rings. The normalized spacial score (nSPS) is 71.1. The average Bonchev–Trinajstić information content (AvgIpc) is 2.56. The van der Waals surface area contributed by atoms with Gasteiger partial charge in [0.15, 0.2) is 5.78 Å². The van der Waals surface area contributed by atoms with Gasteiger partial charge in [0.2, 0.25) is 0 Å². The van der Waals surface area contributed by atoms with Crippen molar-refractivity contribution >= 4 is 11.6 Å². The minimum absolute atomic E-state index is 0.0440. The molecule has 2 nitrogen and oxygen atoms in total. The van der Waals surface area contributed by atoms with Crippen LogP contribution >= 0.6 is 0 Å². The summed E-state index contributed by atoms with van der Waals surface area (Å²) in [7, 11) is 0. The van der Waals surface area contributed by atoms with Gasteiger partial charge >= 0.3 is 0 Å². The number of Topliss-reactive ketones (excluding diaryl/α,β-unsaturated/α-hetero) is 2. The molecule has 6 fully saturated rings. The summed E-state index contributed by atoms with van der Waals surface area (Å²) in [6.07, 6.45) is 0. The highest BCUT2D eigenvalue weighted by Gasteiger charge is 3.08. The second kappa shape index (κ2) is 2.27. The molecular weight excluding hydrogens is 236 g/mol. The molecule has 6 saturated carbocycles. The van der Waals surface area contributed by atoms with Crippen LogP contribution in [0.3, 0.4) is 0 Å². The molecule has 0 aromatic rings. The average molecular weight is 256 g/mol. The van der Waals surface area contributed by atoms with E-state index in [2.05, 4.69) is 27.4 Å². The first kappa shape index (κ1) is 10.8. The Hall–Kier alpha value is -0.920. The van der Waals surface area contributed by atoms with Gasteiger partial charge < -0.3 is 0 Å². The van der Waals surface area contributed by atoms with Crippen molar-refractivity contribution in [3.63, 3.8) is 0 Å². The topological polar surface area (TPSA) is 34.1 Å². The molecule has 6 aliphatic carbocycles. The third kappa shape index (κ3) is 0.537. The van der Waals surface area contributed by atoms with Crippen molar-refractivity contribution in [3.8, 4) is 0 Å². The van der Waals surface area contributed by atoms with Gasteiger partial charge in [-0.2, -0.15) is 0 Å². The van der Waals surface area contributed by atoms with E-state index in [1.165, 1.54) is 5.57 Å². The van der Waals surface area contributed by atoms with Crippen LogP contribution in [0.2, 0.25) is 0 Å². The molecule has 3 bridgehead atoms. The predicted octanol–water partition coefficient (Wildman–Crippen LogP) is 2.48. The number of hydrogen-bond donors (Lipinski definition) is 0. The molecule has 2 heteroatoms.